The number of ether oxygens (including phenoxy) is 2. The third kappa shape index (κ3) is 8.52. The number of hydrogen-bond donors (Lipinski definition) is 0. The summed E-state index contributed by atoms with van der Waals surface area (Å²) < 4.78 is 11.0. The molecule has 0 bridgehead atoms. The van der Waals surface area contributed by atoms with Gasteiger partial charge in [0.25, 0.3) is 0 Å². The van der Waals surface area contributed by atoms with Crippen LogP contribution in [0.1, 0.15) is 101 Å². The van der Waals surface area contributed by atoms with Gasteiger partial charge in [-0.1, -0.05) is 132 Å². The van der Waals surface area contributed by atoms with Crippen molar-refractivity contribution >= 4 is 16.1 Å². The molecule has 2 aromatic rings. The van der Waals surface area contributed by atoms with Crippen LogP contribution in [-0.2, 0) is 10.8 Å². The summed E-state index contributed by atoms with van der Waals surface area (Å²) in [5.74, 6) is 9.38. The molecule has 0 radical (unpaired) electrons. The molecular formula is C42H62O2Si2. The van der Waals surface area contributed by atoms with E-state index in [-0.39, 0.29) is 5.41 Å². The fourth-order valence-corrected chi connectivity index (χ4v) is 14.6. The lowest BCUT2D eigenvalue weighted by Crippen LogP contribution is -2.43. The van der Waals surface area contributed by atoms with E-state index >= 15 is 0 Å². The van der Waals surface area contributed by atoms with E-state index in [0.717, 1.165) is 40.8 Å². The molecule has 0 spiro atoms. The molecule has 4 heteroatoms. The van der Waals surface area contributed by atoms with E-state index < -0.39 is 21.6 Å². The van der Waals surface area contributed by atoms with Crippen LogP contribution in [0.2, 0.25) is 34.8 Å². The molecule has 0 saturated heterocycles. The van der Waals surface area contributed by atoms with Crippen molar-refractivity contribution < 1.29 is 9.47 Å². The van der Waals surface area contributed by atoms with Gasteiger partial charge >= 0.3 is 0 Å². The number of rotatable bonds is 12. The highest BCUT2D eigenvalue weighted by Crippen LogP contribution is 2.42. The lowest BCUT2D eigenvalue weighted by atomic mass is 9.75. The maximum atomic E-state index is 5.51. The van der Waals surface area contributed by atoms with Crippen LogP contribution in [0.3, 0.4) is 0 Å². The normalized spacial score (nSPS) is 12.2. The van der Waals surface area contributed by atoms with Crippen LogP contribution in [0, 0.1) is 22.9 Å². The zero-order valence-electron chi connectivity index (χ0n) is 31.8. The molecule has 2 nitrogen and oxygen atoms in total. The number of benzene rings is 2. The molecule has 0 aliphatic carbocycles. The zero-order chi connectivity index (χ0) is 34.9. The maximum absolute atomic E-state index is 5.51. The average molecular weight is 655 g/mol. The van der Waals surface area contributed by atoms with Crippen molar-refractivity contribution in [2.45, 2.75) is 136 Å². The standard InChI is InChI=1S/C42H62O2Si2/c1-16-45(17-2,18-3)29-27-37(41(10,11)35-19-23-39(43-14)24-20-35)31-38(28-30-46(32(4)5,33(6)7)34(8)9)42(12,13)36-21-25-40(44-15)26-22-36/h19-26,32-34H,16-18H2,1-15H3. The van der Waals surface area contributed by atoms with E-state index in [1.165, 1.54) is 11.1 Å². The number of allylic oxidation sites excluding steroid dienone is 1. The van der Waals surface area contributed by atoms with Gasteiger partial charge in [0.1, 0.15) is 27.6 Å². The lowest BCUT2D eigenvalue weighted by molar-refractivity contribution is 0.414. The molecule has 0 heterocycles. The first-order valence-electron chi connectivity index (χ1n) is 17.4. The van der Waals surface area contributed by atoms with Crippen LogP contribution in [0.25, 0.3) is 0 Å². The minimum atomic E-state index is -2.02. The molecule has 250 valence electrons. The fourth-order valence-electron chi connectivity index (χ4n) is 6.93. The summed E-state index contributed by atoms with van der Waals surface area (Å²) in [6, 6.07) is 20.3. The van der Waals surface area contributed by atoms with Gasteiger partial charge in [0.05, 0.1) is 25.4 Å². The molecule has 0 aliphatic rings. The van der Waals surface area contributed by atoms with Gasteiger partial charge in [-0.05, 0) is 70.1 Å². The highest BCUT2D eigenvalue weighted by molar-refractivity contribution is 6.90. The van der Waals surface area contributed by atoms with Crippen LogP contribution in [0.15, 0.2) is 65.4 Å². The Balaban J connectivity index is 3.19. The van der Waals surface area contributed by atoms with Crippen molar-refractivity contribution in [1.82, 2.24) is 0 Å². The molecule has 0 aliphatic heterocycles. The SMILES string of the molecule is CC[Si](C#CC(=C=C(C#C[Si](C(C)C)(C(C)C)C(C)C)C(C)(C)c1ccc(OC)cc1)C(C)(C)c1ccc(OC)cc1)(CC)CC. The first-order valence-corrected chi connectivity index (χ1v) is 22.2. The summed E-state index contributed by atoms with van der Waals surface area (Å²) in [5, 5.41) is 0. The summed E-state index contributed by atoms with van der Waals surface area (Å²) in [4.78, 5) is 0. The van der Waals surface area contributed by atoms with Crippen molar-refractivity contribution in [2.24, 2.45) is 0 Å². The minimum absolute atomic E-state index is 0.389. The zero-order valence-corrected chi connectivity index (χ0v) is 33.8. The van der Waals surface area contributed by atoms with Gasteiger partial charge in [0.15, 0.2) is 0 Å². The molecule has 46 heavy (non-hydrogen) atoms. The Morgan fingerprint density at radius 3 is 1.20 bits per heavy atom. The first-order chi connectivity index (χ1) is 21.5. The van der Waals surface area contributed by atoms with E-state index in [2.05, 4.69) is 143 Å². The maximum Gasteiger partial charge on any atom is 0.146 e. The number of hydrogen-bond acceptors (Lipinski definition) is 2. The summed E-state index contributed by atoms with van der Waals surface area (Å²) in [7, 11) is -0.322. The highest BCUT2D eigenvalue weighted by atomic mass is 28.3. The summed E-state index contributed by atoms with van der Waals surface area (Å²) in [5.41, 5.74) is 17.1. The van der Waals surface area contributed by atoms with E-state index in [1.807, 2.05) is 24.3 Å². The quantitative estimate of drug-likeness (QED) is 0.129. The van der Waals surface area contributed by atoms with Gasteiger partial charge < -0.3 is 9.47 Å². The molecule has 0 amide bonds. The molecule has 2 rings (SSSR count). The number of methoxy groups -OCH3 is 2. The second-order valence-corrected chi connectivity index (χ2v) is 25.3. The first kappa shape index (κ1) is 39.3. The van der Waals surface area contributed by atoms with E-state index in [0.29, 0.717) is 16.6 Å². The van der Waals surface area contributed by atoms with Gasteiger partial charge in [-0.2, -0.15) is 0 Å². The van der Waals surface area contributed by atoms with Gasteiger partial charge in [0, 0.05) is 10.8 Å². The Labute approximate surface area is 285 Å². The van der Waals surface area contributed by atoms with E-state index in [1.54, 1.807) is 14.2 Å². The van der Waals surface area contributed by atoms with Crippen molar-refractivity contribution in [3.8, 4) is 34.4 Å². The van der Waals surface area contributed by atoms with E-state index in [9.17, 15) is 0 Å². The predicted octanol–water partition coefficient (Wildman–Crippen LogP) is 11.7. The Kier molecular flexibility index (Phi) is 13.9. The molecule has 0 fully saturated rings. The van der Waals surface area contributed by atoms with Crippen LogP contribution >= 0.6 is 0 Å². The lowest BCUT2D eigenvalue weighted by Gasteiger charge is -2.38. The molecule has 0 N–H and O–H groups in total. The van der Waals surface area contributed by atoms with Crippen LogP contribution in [0.5, 0.6) is 11.5 Å². The Hall–Kier alpha value is -2.89. The fraction of sp³-hybridized carbons (Fsp3) is 0.548. The topological polar surface area (TPSA) is 18.5 Å². The van der Waals surface area contributed by atoms with Crippen LogP contribution < -0.4 is 9.47 Å². The van der Waals surface area contributed by atoms with Crippen LogP contribution in [-0.4, -0.2) is 30.4 Å². The van der Waals surface area contributed by atoms with Crippen molar-refractivity contribution in [3.63, 3.8) is 0 Å². The molecule has 0 unspecified atom stereocenters. The molecule has 0 atom stereocenters. The average Bonchev–Trinajstić information content (AvgIpc) is 3.03. The Bertz CT molecular complexity index is 1440. The van der Waals surface area contributed by atoms with Gasteiger partial charge in [0.2, 0.25) is 0 Å². The molecule has 0 aromatic heterocycles. The monoisotopic (exact) mass is 654 g/mol. The molecule has 2 aromatic carbocycles. The Morgan fingerprint density at radius 2 is 0.913 bits per heavy atom. The molecule has 0 saturated carbocycles. The van der Waals surface area contributed by atoms with Gasteiger partial charge in [-0.3, -0.25) is 0 Å². The summed E-state index contributed by atoms with van der Waals surface area (Å²) in [6.07, 6.45) is 0. The smallest absolute Gasteiger partial charge is 0.146 e. The predicted molar refractivity (Wildman–Crippen MR) is 206 cm³/mol. The second-order valence-electron chi connectivity index (χ2n) is 14.8. The van der Waals surface area contributed by atoms with Crippen molar-refractivity contribution in [3.05, 3.63) is 76.5 Å². The highest BCUT2D eigenvalue weighted by Gasteiger charge is 2.42. The van der Waals surface area contributed by atoms with Crippen LogP contribution in [0.4, 0.5) is 0 Å². The summed E-state index contributed by atoms with van der Waals surface area (Å²) >= 11 is 0. The van der Waals surface area contributed by atoms with Crippen molar-refractivity contribution in [2.75, 3.05) is 14.2 Å². The molecular weight excluding hydrogens is 593 g/mol. The minimum Gasteiger partial charge on any atom is -0.497 e. The van der Waals surface area contributed by atoms with Gasteiger partial charge in [-0.15, -0.1) is 11.1 Å². The van der Waals surface area contributed by atoms with Crippen molar-refractivity contribution in [1.29, 1.82) is 0 Å². The summed E-state index contributed by atoms with van der Waals surface area (Å²) in [6.45, 7) is 30.3. The second kappa shape index (κ2) is 16.3. The Morgan fingerprint density at radius 1 is 0.587 bits per heavy atom. The largest absolute Gasteiger partial charge is 0.497 e. The van der Waals surface area contributed by atoms with Gasteiger partial charge in [-0.25, -0.2) is 0 Å². The third-order valence-corrected chi connectivity index (χ3v) is 21.9. The third-order valence-electron chi connectivity index (χ3n) is 10.9. The van der Waals surface area contributed by atoms with E-state index in [4.69, 9.17) is 9.47 Å².